The molecule has 1 heterocycles. The Kier molecular flexibility index (Phi) is 4.74. The van der Waals surface area contributed by atoms with E-state index in [0.29, 0.717) is 0 Å². The van der Waals surface area contributed by atoms with Gasteiger partial charge in [0.2, 0.25) is 0 Å². The number of carboxylic acids is 1. The molecule has 2 aliphatic rings. The summed E-state index contributed by atoms with van der Waals surface area (Å²) in [4.78, 5) is 11.0. The van der Waals surface area contributed by atoms with Crippen LogP contribution >= 0.6 is 0 Å². The molecule has 0 aromatic rings. The maximum atomic E-state index is 11.0. The molecule has 1 aliphatic heterocycles. The maximum Gasteiger partial charge on any atom is 0.364 e. The normalized spacial score (nSPS) is 39.0. The van der Waals surface area contributed by atoms with Crippen molar-refractivity contribution in [2.45, 2.75) is 36.9 Å². The minimum absolute atomic E-state index is 0.169. The first-order chi connectivity index (χ1) is 9.92. The van der Waals surface area contributed by atoms with Crippen molar-refractivity contribution in [2.75, 3.05) is 0 Å². The van der Waals surface area contributed by atoms with Gasteiger partial charge in [0.05, 0.1) is 12.2 Å². The summed E-state index contributed by atoms with van der Waals surface area (Å²) in [7, 11) is 0. The number of carbonyl (C=O) groups is 1. The van der Waals surface area contributed by atoms with Gasteiger partial charge in [-0.1, -0.05) is 42.5 Å². The first-order valence-corrected chi connectivity index (χ1v) is 6.63. The molecule has 6 heteroatoms. The summed E-state index contributed by atoms with van der Waals surface area (Å²) < 4.78 is 5.12. The predicted octanol–water partition coefficient (Wildman–Crippen LogP) is 0.269. The Hall–Kier alpha value is -1.73. The molecule has 21 heavy (non-hydrogen) atoms. The summed E-state index contributed by atoms with van der Waals surface area (Å²) in [5, 5.41) is 38.6. The van der Waals surface area contributed by atoms with Crippen LogP contribution in [-0.2, 0) is 9.53 Å². The van der Waals surface area contributed by atoms with E-state index < -0.39 is 36.5 Å². The number of aliphatic hydroxyl groups excluding tert-OH is 2. The van der Waals surface area contributed by atoms with Crippen molar-refractivity contribution in [2.24, 2.45) is 0 Å². The number of rotatable bonds is 3. The summed E-state index contributed by atoms with van der Waals surface area (Å²) in [6.07, 6.45) is 8.63. The molecule has 0 radical (unpaired) electrons. The van der Waals surface area contributed by atoms with Gasteiger partial charge < -0.3 is 25.2 Å². The fourth-order valence-corrected chi connectivity index (χ4v) is 2.30. The van der Waals surface area contributed by atoms with Gasteiger partial charge in [-0.05, 0) is 5.57 Å². The number of aliphatic carboxylic acids is 1. The van der Waals surface area contributed by atoms with Crippen LogP contribution in [0.1, 0.15) is 12.8 Å². The molecule has 2 rings (SSSR count). The lowest BCUT2D eigenvalue weighted by molar-refractivity contribution is -0.293. The second-order valence-electron chi connectivity index (χ2n) is 5.08. The first kappa shape index (κ1) is 15.7. The molecule has 0 spiro atoms. The molecule has 1 aliphatic carbocycles. The van der Waals surface area contributed by atoms with Gasteiger partial charge in [-0.25, -0.2) is 4.79 Å². The Labute approximate surface area is 122 Å². The first-order valence-electron chi connectivity index (χ1n) is 6.63. The Bertz CT molecular complexity index is 518. The molecule has 0 aromatic heterocycles. The van der Waals surface area contributed by atoms with E-state index in [1.54, 1.807) is 24.3 Å². The van der Waals surface area contributed by atoms with Crippen molar-refractivity contribution in [3.8, 4) is 0 Å². The number of hydrogen-bond donors (Lipinski definition) is 4. The van der Waals surface area contributed by atoms with Gasteiger partial charge in [-0.2, -0.15) is 0 Å². The summed E-state index contributed by atoms with van der Waals surface area (Å²) in [6, 6.07) is 0. The Morgan fingerprint density at radius 1 is 1.24 bits per heavy atom. The molecule has 1 fully saturated rings. The molecule has 0 amide bonds. The largest absolute Gasteiger partial charge is 0.477 e. The minimum Gasteiger partial charge on any atom is -0.477 e. The third-order valence-corrected chi connectivity index (χ3v) is 3.44. The van der Waals surface area contributed by atoms with E-state index in [2.05, 4.69) is 0 Å². The van der Waals surface area contributed by atoms with Gasteiger partial charge >= 0.3 is 5.97 Å². The van der Waals surface area contributed by atoms with Crippen molar-refractivity contribution in [1.29, 1.82) is 0 Å². The van der Waals surface area contributed by atoms with Gasteiger partial charge in [0.15, 0.2) is 0 Å². The van der Waals surface area contributed by atoms with E-state index >= 15 is 0 Å². The van der Waals surface area contributed by atoms with Gasteiger partial charge in [0, 0.05) is 12.8 Å². The number of hydrogen-bond acceptors (Lipinski definition) is 5. The Morgan fingerprint density at radius 3 is 2.62 bits per heavy atom. The fourth-order valence-electron chi connectivity index (χ4n) is 2.30. The molecule has 4 atom stereocenters. The van der Waals surface area contributed by atoms with Gasteiger partial charge in [-0.15, -0.1) is 0 Å². The molecule has 6 nitrogen and oxygen atoms in total. The van der Waals surface area contributed by atoms with Gasteiger partial charge in [-0.3, -0.25) is 0 Å². The van der Waals surface area contributed by atoms with Crippen LogP contribution in [-0.4, -0.2) is 50.5 Å². The quantitative estimate of drug-likeness (QED) is 0.595. The Balaban J connectivity index is 2.15. The van der Waals surface area contributed by atoms with Crippen LogP contribution in [0.3, 0.4) is 0 Å². The third kappa shape index (κ3) is 3.68. The van der Waals surface area contributed by atoms with Gasteiger partial charge in [0.1, 0.15) is 6.10 Å². The Morgan fingerprint density at radius 2 is 1.90 bits per heavy atom. The zero-order valence-corrected chi connectivity index (χ0v) is 11.3. The van der Waals surface area contributed by atoms with E-state index in [4.69, 9.17) is 9.84 Å². The topological polar surface area (TPSA) is 107 Å². The second kappa shape index (κ2) is 6.36. The number of allylic oxidation sites excluding steroid dienone is 7. The molecule has 0 saturated carbocycles. The van der Waals surface area contributed by atoms with E-state index in [0.717, 1.165) is 5.57 Å². The summed E-state index contributed by atoms with van der Waals surface area (Å²) in [5.41, 5.74) is 0.779. The molecule has 114 valence electrons. The smallest absolute Gasteiger partial charge is 0.364 e. The standard InChI is InChI=1S/C15H18O6/c16-11-9-15(20,14(18)19)21-12(13(11)17)8-10-6-4-2-1-3-5-7-10/h1-7,11-13,16-17,20H,8-9H2,(H,18,19)/b2-1-,3-1?,4-2?,5-3-,6-4?,7-5?,10-6?,10-7?/t11-,12?,13+,15?/m1/s1. The number of aliphatic hydroxyl groups is 3. The molecule has 0 bridgehead atoms. The summed E-state index contributed by atoms with van der Waals surface area (Å²) in [5.74, 6) is -4.06. The van der Waals surface area contributed by atoms with Crippen LogP contribution in [0.25, 0.3) is 0 Å². The van der Waals surface area contributed by atoms with Crippen LogP contribution < -0.4 is 0 Å². The lowest BCUT2D eigenvalue weighted by Gasteiger charge is -2.40. The monoisotopic (exact) mass is 294 g/mol. The van der Waals surface area contributed by atoms with Crippen LogP contribution in [0.15, 0.2) is 48.1 Å². The number of ether oxygens (including phenoxy) is 1. The van der Waals surface area contributed by atoms with Crippen molar-refractivity contribution in [3.05, 3.63) is 48.1 Å². The summed E-state index contributed by atoms with van der Waals surface area (Å²) in [6.45, 7) is 0. The SMILES string of the molecule is O=C(O)C1(O)C[C@@H](O)[C@H](O)C(CC2=C/C=C\C=C/C=C2)O1. The highest BCUT2D eigenvalue weighted by Gasteiger charge is 2.50. The van der Waals surface area contributed by atoms with Crippen molar-refractivity contribution in [3.63, 3.8) is 0 Å². The van der Waals surface area contributed by atoms with Crippen molar-refractivity contribution < 1.29 is 30.0 Å². The summed E-state index contributed by atoms with van der Waals surface area (Å²) >= 11 is 0. The highest BCUT2D eigenvalue weighted by molar-refractivity contribution is 5.75. The van der Waals surface area contributed by atoms with Crippen LogP contribution in [0.4, 0.5) is 0 Å². The minimum atomic E-state index is -2.48. The molecular weight excluding hydrogens is 276 g/mol. The maximum absolute atomic E-state index is 11.0. The van der Waals surface area contributed by atoms with Crippen LogP contribution in [0, 0.1) is 0 Å². The highest BCUT2D eigenvalue weighted by atomic mass is 16.7. The van der Waals surface area contributed by atoms with Crippen molar-refractivity contribution in [1.82, 2.24) is 0 Å². The predicted molar refractivity (Wildman–Crippen MR) is 74.2 cm³/mol. The average Bonchev–Trinajstić information content (AvgIpc) is 2.38. The third-order valence-electron chi connectivity index (χ3n) is 3.44. The molecule has 4 N–H and O–H groups in total. The van der Waals surface area contributed by atoms with E-state index in [9.17, 15) is 20.1 Å². The number of carboxylic acid groups (broad SMARTS) is 1. The fraction of sp³-hybridized carbons (Fsp3) is 0.400. The molecule has 0 aromatic carbocycles. The molecule has 1 saturated heterocycles. The van der Waals surface area contributed by atoms with Gasteiger partial charge in [0.25, 0.3) is 5.79 Å². The zero-order chi connectivity index (χ0) is 15.5. The molecule has 2 unspecified atom stereocenters. The molecular formula is C15H18O6. The van der Waals surface area contributed by atoms with E-state index in [1.807, 2.05) is 18.2 Å². The second-order valence-corrected chi connectivity index (χ2v) is 5.08. The zero-order valence-electron chi connectivity index (χ0n) is 11.3. The van der Waals surface area contributed by atoms with E-state index in [-0.39, 0.29) is 6.42 Å². The van der Waals surface area contributed by atoms with E-state index in [1.165, 1.54) is 0 Å². The average molecular weight is 294 g/mol. The lowest BCUT2D eigenvalue weighted by Crippen LogP contribution is -2.58. The van der Waals surface area contributed by atoms with Crippen LogP contribution in [0.2, 0.25) is 0 Å². The van der Waals surface area contributed by atoms with Crippen LogP contribution in [0.5, 0.6) is 0 Å². The highest BCUT2D eigenvalue weighted by Crippen LogP contribution is 2.31. The lowest BCUT2D eigenvalue weighted by atomic mass is 9.91. The van der Waals surface area contributed by atoms with Crippen molar-refractivity contribution >= 4 is 5.97 Å².